The van der Waals surface area contributed by atoms with Gasteiger partial charge in [0.1, 0.15) is 13.3 Å². The smallest absolute Gasteiger partial charge is 0.417 e. The summed E-state index contributed by atoms with van der Waals surface area (Å²) in [6.45, 7) is 3.82. The number of alkyl halides is 1. The Bertz CT molecular complexity index is 212. The molecule has 0 atom stereocenters. The van der Waals surface area contributed by atoms with Gasteiger partial charge in [0.15, 0.2) is 0 Å². The number of rotatable bonds is 4. The van der Waals surface area contributed by atoms with Crippen molar-refractivity contribution in [2.75, 3.05) is 19.9 Å². The minimum Gasteiger partial charge on any atom is -0.458 e. The minimum absolute atomic E-state index is 0.0950. The monoisotopic (exact) mass is 190 g/mol. The van der Waals surface area contributed by atoms with Gasteiger partial charge in [-0.15, -0.1) is 0 Å². The van der Waals surface area contributed by atoms with Crippen LogP contribution in [0.2, 0.25) is 0 Å². The fourth-order valence-electron chi connectivity index (χ4n) is 0.455. The summed E-state index contributed by atoms with van der Waals surface area (Å²) in [5, 5.41) is 0. The van der Waals surface area contributed by atoms with Gasteiger partial charge in [-0.05, 0) is 12.5 Å². The number of carbonyl (C=O) groups is 2. The Kier molecular flexibility index (Phi) is 5.50. The van der Waals surface area contributed by atoms with E-state index in [0.29, 0.717) is 0 Å². The molecule has 0 fully saturated rings. The van der Waals surface area contributed by atoms with Crippen molar-refractivity contribution in [1.82, 2.24) is 0 Å². The average Bonchev–Trinajstić information content (AvgIpc) is 2.13. The van der Waals surface area contributed by atoms with Crippen molar-refractivity contribution in [3.05, 3.63) is 12.2 Å². The van der Waals surface area contributed by atoms with E-state index < -0.39 is 18.6 Å². The van der Waals surface area contributed by atoms with Crippen LogP contribution in [-0.4, -0.2) is 31.8 Å². The van der Waals surface area contributed by atoms with Gasteiger partial charge < -0.3 is 9.47 Å². The highest BCUT2D eigenvalue weighted by atomic mass is 19.1. The number of halogens is 1. The van der Waals surface area contributed by atoms with Crippen molar-refractivity contribution in [3.63, 3.8) is 0 Å². The number of hydrogen-bond acceptors (Lipinski definition) is 4. The topological polar surface area (TPSA) is 52.6 Å². The molecule has 0 amide bonds. The molecule has 4 nitrogen and oxygen atoms in total. The molecule has 0 rings (SSSR count). The second-order valence-electron chi connectivity index (χ2n) is 2.18. The number of carbonyl (C=O) groups excluding carboxylic acids is 2. The first kappa shape index (κ1) is 11.6. The molecule has 5 heteroatoms. The van der Waals surface area contributed by atoms with Gasteiger partial charge in [-0.1, -0.05) is 6.58 Å². The van der Waals surface area contributed by atoms with Crippen LogP contribution in [0.3, 0.4) is 0 Å². The van der Waals surface area contributed by atoms with Crippen LogP contribution in [0.1, 0.15) is 6.92 Å². The highest BCUT2D eigenvalue weighted by Gasteiger charge is 2.16. The molecule has 0 radical (unpaired) electrons. The number of hydrogen-bond donors (Lipinski definition) is 0. The summed E-state index contributed by atoms with van der Waals surface area (Å²) < 4.78 is 20.5. The number of esters is 2. The molecule has 0 aliphatic carbocycles. The third-order valence-corrected chi connectivity index (χ3v) is 1.04. The molecular weight excluding hydrogens is 179 g/mol. The van der Waals surface area contributed by atoms with Crippen LogP contribution in [0.5, 0.6) is 0 Å². The van der Waals surface area contributed by atoms with Crippen molar-refractivity contribution < 1.29 is 23.5 Å². The molecule has 74 valence electrons. The molecule has 0 unspecified atom stereocenters. The molecule has 0 aliphatic heterocycles. The second-order valence-corrected chi connectivity index (χ2v) is 2.18. The summed E-state index contributed by atoms with van der Waals surface area (Å²) in [5.74, 6) is -2.20. The third-order valence-electron chi connectivity index (χ3n) is 1.04. The van der Waals surface area contributed by atoms with E-state index in [1.54, 1.807) is 6.92 Å². The Balaban J connectivity index is 3.74. The fraction of sp³-hybridized carbons (Fsp3) is 0.500. The average molecular weight is 190 g/mol. The van der Waals surface area contributed by atoms with Crippen LogP contribution in [0.15, 0.2) is 12.2 Å². The standard InChI is InChI=1S/C8H11FO4/c1-3-12-7(10)8(11)13-5-6(2)4-9/h2-5H2,1H3. The predicted octanol–water partition coefficient (Wildman–Crippen LogP) is 0.618. The molecule has 0 aromatic rings. The molecule has 0 N–H and O–H groups in total. The first-order chi connectivity index (χ1) is 6.11. The van der Waals surface area contributed by atoms with Crippen molar-refractivity contribution in [2.45, 2.75) is 6.92 Å². The first-order valence-corrected chi connectivity index (χ1v) is 3.68. The zero-order chi connectivity index (χ0) is 10.3. The van der Waals surface area contributed by atoms with Crippen molar-refractivity contribution in [3.8, 4) is 0 Å². The quantitative estimate of drug-likeness (QED) is 0.370. The highest BCUT2D eigenvalue weighted by Crippen LogP contribution is 1.93. The summed E-state index contributed by atoms with van der Waals surface area (Å²) >= 11 is 0. The van der Waals surface area contributed by atoms with E-state index in [1.807, 2.05) is 0 Å². The van der Waals surface area contributed by atoms with Gasteiger partial charge in [-0.3, -0.25) is 0 Å². The summed E-state index contributed by atoms with van der Waals surface area (Å²) in [4.78, 5) is 21.3. The molecule has 0 saturated heterocycles. The second kappa shape index (κ2) is 6.16. The highest BCUT2D eigenvalue weighted by molar-refractivity contribution is 6.29. The Morgan fingerprint density at radius 2 is 1.85 bits per heavy atom. The van der Waals surface area contributed by atoms with Crippen LogP contribution >= 0.6 is 0 Å². The van der Waals surface area contributed by atoms with Gasteiger partial charge in [0.05, 0.1) is 6.61 Å². The summed E-state index contributed by atoms with van der Waals surface area (Å²) in [6.07, 6.45) is 0. The van der Waals surface area contributed by atoms with E-state index in [9.17, 15) is 14.0 Å². The number of ether oxygens (including phenoxy) is 2. The van der Waals surface area contributed by atoms with Gasteiger partial charge in [0.2, 0.25) is 0 Å². The molecular formula is C8H11FO4. The summed E-state index contributed by atoms with van der Waals surface area (Å²) in [6, 6.07) is 0. The molecule has 0 aromatic heterocycles. The van der Waals surface area contributed by atoms with E-state index >= 15 is 0 Å². The lowest BCUT2D eigenvalue weighted by Gasteiger charge is -2.03. The lowest BCUT2D eigenvalue weighted by atomic mass is 10.4. The van der Waals surface area contributed by atoms with Crippen molar-refractivity contribution in [1.29, 1.82) is 0 Å². The summed E-state index contributed by atoms with van der Waals surface area (Å²) in [5.41, 5.74) is 0.0950. The molecule has 0 aromatic carbocycles. The van der Waals surface area contributed by atoms with Crippen LogP contribution in [0.25, 0.3) is 0 Å². The Morgan fingerprint density at radius 1 is 1.31 bits per heavy atom. The van der Waals surface area contributed by atoms with Crippen LogP contribution in [-0.2, 0) is 19.1 Å². The maximum atomic E-state index is 11.8. The van der Waals surface area contributed by atoms with E-state index in [1.165, 1.54) is 0 Å². The predicted molar refractivity (Wildman–Crippen MR) is 42.7 cm³/mol. The summed E-state index contributed by atoms with van der Waals surface area (Å²) in [7, 11) is 0. The zero-order valence-corrected chi connectivity index (χ0v) is 7.34. The fourth-order valence-corrected chi connectivity index (χ4v) is 0.455. The van der Waals surface area contributed by atoms with E-state index in [4.69, 9.17) is 0 Å². The van der Waals surface area contributed by atoms with Crippen molar-refractivity contribution in [2.24, 2.45) is 0 Å². The maximum Gasteiger partial charge on any atom is 0.417 e. The van der Waals surface area contributed by atoms with E-state index in [2.05, 4.69) is 16.1 Å². The van der Waals surface area contributed by atoms with Gasteiger partial charge >= 0.3 is 11.9 Å². The Labute approximate surface area is 75.3 Å². The molecule has 0 bridgehead atoms. The van der Waals surface area contributed by atoms with Gasteiger partial charge in [-0.2, -0.15) is 0 Å². The van der Waals surface area contributed by atoms with Crippen molar-refractivity contribution >= 4 is 11.9 Å². The SMILES string of the molecule is C=C(CF)COC(=O)C(=O)OCC. The third kappa shape index (κ3) is 4.95. The molecule has 0 saturated carbocycles. The molecule has 13 heavy (non-hydrogen) atoms. The Morgan fingerprint density at radius 3 is 2.31 bits per heavy atom. The maximum absolute atomic E-state index is 11.8. The zero-order valence-electron chi connectivity index (χ0n) is 7.34. The lowest BCUT2D eigenvalue weighted by molar-refractivity contribution is -0.166. The van der Waals surface area contributed by atoms with Crippen LogP contribution in [0, 0.1) is 0 Å². The van der Waals surface area contributed by atoms with E-state index in [0.717, 1.165) is 0 Å². The first-order valence-electron chi connectivity index (χ1n) is 3.68. The van der Waals surface area contributed by atoms with Crippen LogP contribution in [0.4, 0.5) is 4.39 Å². The van der Waals surface area contributed by atoms with Gasteiger partial charge in [0.25, 0.3) is 0 Å². The van der Waals surface area contributed by atoms with Gasteiger partial charge in [0, 0.05) is 0 Å². The van der Waals surface area contributed by atoms with Gasteiger partial charge in [-0.25, -0.2) is 14.0 Å². The van der Waals surface area contributed by atoms with Crippen LogP contribution < -0.4 is 0 Å². The Hall–Kier alpha value is -1.39. The molecule has 0 spiro atoms. The minimum atomic E-state index is -1.13. The molecule has 0 aliphatic rings. The normalized spacial score (nSPS) is 9.08. The lowest BCUT2D eigenvalue weighted by Crippen LogP contribution is -2.21. The van der Waals surface area contributed by atoms with E-state index in [-0.39, 0.29) is 18.8 Å². The largest absolute Gasteiger partial charge is 0.458 e. The molecule has 0 heterocycles.